The summed E-state index contributed by atoms with van der Waals surface area (Å²) in [6.07, 6.45) is 3.52. The molecule has 3 heteroatoms. The molecule has 2 nitrogen and oxygen atoms in total. The monoisotopic (exact) mass is 224 g/mol. The number of thioether (sulfide) groups is 1. The van der Waals surface area contributed by atoms with E-state index in [1.54, 1.807) is 11.8 Å². The van der Waals surface area contributed by atoms with Crippen LogP contribution in [0, 0.1) is 0 Å². The van der Waals surface area contributed by atoms with Gasteiger partial charge in [0.25, 0.3) is 0 Å². The van der Waals surface area contributed by atoms with Gasteiger partial charge in [0.05, 0.1) is 12.7 Å². The van der Waals surface area contributed by atoms with E-state index in [2.05, 4.69) is 12.2 Å². The topological polar surface area (TPSA) is 40.5 Å². The van der Waals surface area contributed by atoms with E-state index in [9.17, 15) is 0 Å². The van der Waals surface area contributed by atoms with Crippen LogP contribution in [0.1, 0.15) is 5.56 Å². The Labute approximate surface area is 94.6 Å². The highest BCUT2D eigenvalue weighted by molar-refractivity contribution is 7.99. The lowest BCUT2D eigenvalue weighted by atomic mass is 10.2. The van der Waals surface area contributed by atoms with Gasteiger partial charge < -0.3 is 10.2 Å². The first-order valence-corrected chi connectivity index (χ1v) is 6.06. The first-order chi connectivity index (χ1) is 7.33. The Bertz CT molecular complexity index is 285. The van der Waals surface area contributed by atoms with Gasteiger partial charge in [-0.15, -0.1) is 0 Å². The largest absolute Gasteiger partial charge is 0.394 e. The van der Waals surface area contributed by atoms with E-state index < -0.39 is 6.10 Å². The molecule has 15 heavy (non-hydrogen) atoms. The van der Waals surface area contributed by atoms with Crippen molar-refractivity contribution >= 4 is 17.8 Å². The zero-order valence-electron chi connectivity index (χ0n) is 8.54. The van der Waals surface area contributed by atoms with Crippen molar-refractivity contribution in [3.8, 4) is 0 Å². The molecular formula is C12H16O2S. The average Bonchev–Trinajstić information content (AvgIpc) is 2.29. The van der Waals surface area contributed by atoms with Crippen molar-refractivity contribution < 1.29 is 10.2 Å². The van der Waals surface area contributed by atoms with E-state index in [0.717, 1.165) is 5.75 Å². The second-order valence-corrected chi connectivity index (χ2v) is 4.26. The Morgan fingerprint density at radius 1 is 1.27 bits per heavy atom. The van der Waals surface area contributed by atoms with Crippen LogP contribution >= 0.6 is 11.8 Å². The van der Waals surface area contributed by atoms with Crippen LogP contribution in [0.15, 0.2) is 36.4 Å². The summed E-state index contributed by atoms with van der Waals surface area (Å²) in [6, 6.07) is 10.1. The molecule has 0 aliphatic heterocycles. The standard InChI is InChI=1S/C12H16O2S/c13-9-12(14)10-15-8-4-7-11-5-2-1-3-6-11/h1-7,12-14H,8-10H2/b7-4+/t12-/m0/s1. The maximum Gasteiger partial charge on any atom is 0.0861 e. The van der Waals surface area contributed by atoms with Gasteiger partial charge in [-0.3, -0.25) is 0 Å². The molecule has 0 heterocycles. The van der Waals surface area contributed by atoms with Crippen molar-refractivity contribution in [2.24, 2.45) is 0 Å². The molecular weight excluding hydrogens is 208 g/mol. The molecule has 1 aromatic carbocycles. The Morgan fingerprint density at radius 3 is 2.67 bits per heavy atom. The lowest BCUT2D eigenvalue weighted by molar-refractivity contribution is 0.113. The zero-order valence-corrected chi connectivity index (χ0v) is 9.36. The minimum atomic E-state index is -0.597. The number of aliphatic hydroxyl groups excluding tert-OH is 2. The minimum Gasteiger partial charge on any atom is -0.394 e. The average molecular weight is 224 g/mol. The van der Waals surface area contributed by atoms with Crippen LogP contribution in [-0.4, -0.2) is 34.4 Å². The molecule has 1 aromatic rings. The van der Waals surface area contributed by atoms with Crippen LogP contribution < -0.4 is 0 Å². The Hall–Kier alpha value is -0.770. The Morgan fingerprint density at radius 2 is 2.00 bits per heavy atom. The molecule has 0 saturated heterocycles. The van der Waals surface area contributed by atoms with Gasteiger partial charge in [-0.2, -0.15) is 11.8 Å². The van der Waals surface area contributed by atoms with Crippen LogP contribution in [0.2, 0.25) is 0 Å². The summed E-state index contributed by atoms with van der Waals surface area (Å²) in [6.45, 7) is -0.157. The molecule has 0 radical (unpaired) electrons. The molecule has 0 amide bonds. The minimum absolute atomic E-state index is 0.157. The maximum absolute atomic E-state index is 9.08. The number of rotatable bonds is 6. The van der Waals surface area contributed by atoms with Crippen LogP contribution in [0.3, 0.4) is 0 Å². The Kier molecular flexibility index (Phi) is 6.16. The van der Waals surface area contributed by atoms with Crippen LogP contribution in [0.25, 0.3) is 6.08 Å². The van der Waals surface area contributed by atoms with Crippen molar-refractivity contribution in [1.82, 2.24) is 0 Å². The predicted octanol–water partition coefficient (Wildman–Crippen LogP) is 1.79. The molecule has 0 spiro atoms. The highest BCUT2D eigenvalue weighted by Crippen LogP contribution is 2.06. The predicted molar refractivity (Wildman–Crippen MR) is 65.9 cm³/mol. The molecule has 0 fully saturated rings. The van der Waals surface area contributed by atoms with Gasteiger partial charge in [-0.05, 0) is 5.56 Å². The highest BCUT2D eigenvalue weighted by Gasteiger charge is 1.99. The number of hydrogen-bond acceptors (Lipinski definition) is 3. The van der Waals surface area contributed by atoms with E-state index in [-0.39, 0.29) is 6.61 Å². The molecule has 0 aliphatic rings. The second kappa shape index (κ2) is 7.51. The summed E-state index contributed by atoms with van der Waals surface area (Å²) in [4.78, 5) is 0. The van der Waals surface area contributed by atoms with Gasteiger partial charge in [0.1, 0.15) is 0 Å². The molecule has 1 rings (SSSR count). The van der Waals surface area contributed by atoms with Gasteiger partial charge >= 0.3 is 0 Å². The third-order valence-electron chi connectivity index (χ3n) is 1.84. The smallest absolute Gasteiger partial charge is 0.0861 e. The fourth-order valence-electron chi connectivity index (χ4n) is 1.07. The summed E-state index contributed by atoms with van der Waals surface area (Å²) >= 11 is 1.61. The summed E-state index contributed by atoms with van der Waals surface area (Å²) < 4.78 is 0. The molecule has 0 aromatic heterocycles. The molecule has 1 atom stereocenters. The quantitative estimate of drug-likeness (QED) is 0.724. The van der Waals surface area contributed by atoms with Crippen LogP contribution in [0.4, 0.5) is 0 Å². The van der Waals surface area contributed by atoms with Gasteiger partial charge in [-0.25, -0.2) is 0 Å². The van der Waals surface area contributed by atoms with Gasteiger partial charge in [-0.1, -0.05) is 42.5 Å². The Balaban J connectivity index is 2.18. The number of hydrogen-bond donors (Lipinski definition) is 2. The van der Waals surface area contributed by atoms with Crippen molar-refractivity contribution in [2.45, 2.75) is 6.10 Å². The summed E-state index contributed by atoms with van der Waals surface area (Å²) in [7, 11) is 0. The number of benzene rings is 1. The van der Waals surface area contributed by atoms with Crippen molar-refractivity contribution in [3.63, 3.8) is 0 Å². The number of aliphatic hydroxyl groups is 2. The molecule has 82 valence electrons. The fourth-order valence-corrected chi connectivity index (χ4v) is 1.82. The third kappa shape index (κ3) is 5.62. The summed E-state index contributed by atoms with van der Waals surface area (Å²) in [5.74, 6) is 1.43. The van der Waals surface area contributed by atoms with E-state index in [4.69, 9.17) is 10.2 Å². The van der Waals surface area contributed by atoms with Gasteiger partial charge in [0, 0.05) is 11.5 Å². The van der Waals surface area contributed by atoms with Crippen LogP contribution in [-0.2, 0) is 0 Å². The van der Waals surface area contributed by atoms with Crippen LogP contribution in [0.5, 0.6) is 0 Å². The van der Waals surface area contributed by atoms with E-state index in [1.807, 2.05) is 30.3 Å². The summed E-state index contributed by atoms with van der Waals surface area (Å²) in [5.41, 5.74) is 1.18. The SMILES string of the molecule is OC[C@H](O)CSC/C=C/c1ccccc1. The lowest BCUT2D eigenvalue weighted by Crippen LogP contribution is -2.14. The molecule has 0 unspecified atom stereocenters. The van der Waals surface area contributed by atoms with Gasteiger partial charge in [0.15, 0.2) is 0 Å². The van der Waals surface area contributed by atoms with Gasteiger partial charge in [0.2, 0.25) is 0 Å². The van der Waals surface area contributed by atoms with Crippen molar-refractivity contribution in [1.29, 1.82) is 0 Å². The highest BCUT2D eigenvalue weighted by atomic mass is 32.2. The molecule has 2 N–H and O–H groups in total. The first kappa shape index (κ1) is 12.3. The zero-order chi connectivity index (χ0) is 10.9. The molecule has 0 saturated carbocycles. The molecule has 0 aliphatic carbocycles. The first-order valence-electron chi connectivity index (χ1n) is 4.91. The van der Waals surface area contributed by atoms with Crippen molar-refractivity contribution in [3.05, 3.63) is 42.0 Å². The third-order valence-corrected chi connectivity index (χ3v) is 2.89. The van der Waals surface area contributed by atoms with Crippen molar-refractivity contribution in [2.75, 3.05) is 18.1 Å². The fraction of sp³-hybridized carbons (Fsp3) is 0.333. The van der Waals surface area contributed by atoms with E-state index >= 15 is 0 Å². The molecule has 0 bridgehead atoms. The lowest BCUT2D eigenvalue weighted by Gasteiger charge is -2.03. The van der Waals surface area contributed by atoms with E-state index in [0.29, 0.717) is 5.75 Å². The van der Waals surface area contributed by atoms with E-state index in [1.165, 1.54) is 5.56 Å². The maximum atomic E-state index is 9.08. The second-order valence-electron chi connectivity index (χ2n) is 3.19. The summed E-state index contributed by atoms with van der Waals surface area (Å²) in [5, 5.41) is 17.7. The normalized spacial score (nSPS) is 13.2.